The first-order valence-corrected chi connectivity index (χ1v) is 7.02. The van der Waals surface area contributed by atoms with E-state index in [9.17, 15) is 8.60 Å². The fourth-order valence-electron chi connectivity index (χ4n) is 1.96. The van der Waals surface area contributed by atoms with Gasteiger partial charge in [-0.3, -0.25) is 4.21 Å². The predicted molar refractivity (Wildman–Crippen MR) is 65.7 cm³/mol. The van der Waals surface area contributed by atoms with E-state index in [4.69, 9.17) is 0 Å². The summed E-state index contributed by atoms with van der Waals surface area (Å²) in [4.78, 5) is 0. The molecule has 1 aliphatic rings. The van der Waals surface area contributed by atoms with Crippen molar-refractivity contribution >= 4 is 16.5 Å². The molecular formula is C12H16FNOS. The summed E-state index contributed by atoms with van der Waals surface area (Å²) in [7, 11) is -0.663. The molecule has 1 heterocycles. The molecule has 0 aliphatic carbocycles. The van der Waals surface area contributed by atoms with Gasteiger partial charge >= 0.3 is 0 Å². The molecule has 4 heteroatoms. The fourth-order valence-corrected chi connectivity index (χ4v) is 3.26. The van der Waals surface area contributed by atoms with Gasteiger partial charge in [-0.2, -0.15) is 0 Å². The van der Waals surface area contributed by atoms with Gasteiger partial charge in [0.15, 0.2) is 0 Å². The van der Waals surface area contributed by atoms with Gasteiger partial charge in [0.05, 0.1) is 5.69 Å². The maximum Gasteiger partial charge on any atom is 0.146 e. The first kappa shape index (κ1) is 11.6. The number of nitrogens with one attached hydrogen (secondary N) is 1. The molecule has 0 spiro atoms. The van der Waals surface area contributed by atoms with Gasteiger partial charge in [-0.1, -0.05) is 12.1 Å². The summed E-state index contributed by atoms with van der Waals surface area (Å²) in [6.45, 7) is 1.90. The Labute approximate surface area is 97.7 Å². The van der Waals surface area contributed by atoms with E-state index >= 15 is 0 Å². The average molecular weight is 241 g/mol. The Hall–Kier alpha value is -0.900. The molecule has 1 saturated heterocycles. The van der Waals surface area contributed by atoms with Crippen LogP contribution < -0.4 is 5.32 Å². The van der Waals surface area contributed by atoms with Gasteiger partial charge in [-0.15, -0.1) is 0 Å². The van der Waals surface area contributed by atoms with Crippen molar-refractivity contribution < 1.29 is 8.60 Å². The third-order valence-corrected chi connectivity index (χ3v) is 4.34. The van der Waals surface area contributed by atoms with E-state index in [0.29, 0.717) is 5.69 Å². The van der Waals surface area contributed by atoms with Crippen LogP contribution in [0.25, 0.3) is 0 Å². The summed E-state index contributed by atoms with van der Waals surface area (Å²) < 4.78 is 24.8. The number of para-hydroxylation sites is 1. The van der Waals surface area contributed by atoms with E-state index in [1.165, 1.54) is 6.07 Å². The third-order valence-electron chi connectivity index (χ3n) is 2.96. The summed E-state index contributed by atoms with van der Waals surface area (Å²) in [5.74, 6) is 1.25. The highest BCUT2D eigenvalue weighted by atomic mass is 32.2. The smallest absolute Gasteiger partial charge is 0.146 e. The second-order valence-electron chi connectivity index (χ2n) is 4.20. The molecule has 0 unspecified atom stereocenters. The van der Waals surface area contributed by atoms with Crippen molar-refractivity contribution in [3.05, 3.63) is 29.6 Å². The Morgan fingerprint density at radius 2 is 2.06 bits per heavy atom. The highest BCUT2D eigenvalue weighted by molar-refractivity contribution is 7.85. The van der Waals surface area contributed by atoms with Crippen molar-refractivity contribution in [3.63, 3.8) is 0 Å². The number of hydrogen-bond acceptors (Lipinski definition) is 2. The van der Waals surface area contributed by atoms with Crippen LogP contribution in [0.2, 0.25) is 0 Å². The molecule has 0 saturated carbocycles. The number of benzene rings is 1. The Balaban J connectivity index is 2.06. The Morgan fingerprint density at radius 1 is 1.38 bits per heavy atom. The first-order valence-electron chi connectivity index (χ1n) is 5.53. The monoisotopic (exact) mass is 241 g/mol. The van der Waals surface area contributed by atoms with Gasteiger partial charge in [0.1, 0.15) is 5.82 Å². The minimum Gasteiger partial charge on any atom is -0.380 e. The van der Waals surface area contributed by atoms with Gasteiger partial charge in [-0.25, -0.2) is 4.39 Å². The zero-order valence-corrected chi connectivity index (χ0v) is 10.1. The van der Waals surface area contributed by atoms with Gasteiger partial charge < -0.3 is 5.32 Å². The van der Waals surface area contributed by atoms with E-state index in [2.05, 4.69) is 5.32 Å². The highest BCUT2D eigenvalue weighted by Gasteiger charge is 2.19. The van der Waals surface area contributed by atoms with Crippen molar-refractivity contribution in [3.8, 4) is 0 Å². The lowest BCUT2D eigenvalue weighted by atomic mass is 10.1. The highest BCUT2D eigenvalue weighted by Crippen LogP contribution is 2.22. The molecule has 1 fully saturated rings. The van der Waals surface area contributed by atoms with Crippen molar-refractivity contribution in [1.82, 2.24) is 0 Å². The molecule has 1 aromatic rings. The molecule has 0 atom stereocenters. The molecule has 2 rings (SSSR count). The van der Waals surface area contributed by atoms with Crippen LogP contribution in [0.1, 0.15) is 18.4 Å². The molecule has 1 aromatic carbocycles. The minimum absolute atomic E-state index is 0.202. The molecular weight excluding hydrogens is 225 g/mol. The SMILES string of the molecule is Cc1cccc(F)c1NC1CCS(=O)CC1. The van der Waals surface area contributed by atoms with Crippen LogP contribution in [0.15, 0.2) is 18.2 Å². The van der Waals surface area contributed by atoms with E-state index in [-0.39, 0.29) is 11.9 Å². The van der Waals surface area contributed by atoms with E-state index in [1.54, 1.807) is 6.07 Å². The Morgan fingerprint density at radius 3 is 2.69 bits per heavy atom. The second-order valence-corrected chi connectivity index (χ2v) is 5.89. The molecule has 1 N–H and O–H groups in total. The van der Waals surface area contributed by atoms with Crippen LogP contribution in [0.3, 0.4) is 0 Å². The number of rotatable bonds is 2. The summed E-state index contributed by atoms with van der Waals surface area (Å²) in [6, 6.07) is 5.34. The lowest BCUT2D eigenvalue weighted by Crippen LogP contribution is -2.30. The fraction of sp³-hybridized carbons (Fsp3) is 0.500. The topological polar surface area (TPSA) is 29.1 Å². The lowest BCUT2D eigenvalue weighted by Gasteiger charge is -2.24. The summed E-state index contributed by atoms with van der Waals surface area (Å²) in [5, 5.41) is 3.23. The summed E-state index contributed by atoms with van der Waals surface area (Å²) in [6.07, 6.45) is 1.72. The Bertz CT molecular complexity index is 378. The van der Waals surface area contributed by atoms with Crippen LogP contribution in [-0.2, 0) is 10.8 Å². The zero-order valence-electron chi connectivity index (χ0n) is 9.33. The van der Waals surface area contributed by atoms with Gasteiger partial charge in [0, 0.05) is 28.3 Å². The molecule has 0 aromatic heterocycles. The van der Waals surface area contributed by atoms with Crippen LogP contribution >= 0.6 is 0 Å². The molecule has 0 amide bonds. The average Bonchev–Trinajstić information content (AvgIpc) is 2.26. The molecule has 16 heavy (non-hydrogen) atoms. The molecule has 2 nitrogen and oxygen atoms in total. The van der Waals surface area contributed by atoms with Crippen LogP contribution in [0.4, 0.5) is 10.1 Å². The standard InChI is InChI=1S/C12H16FNOS/c1-9-3-2-4-11(13)12(9)14-10-5-7-16(15)8-6-10/h2-4,10,14H,5-8H2,1H3. The van der Waals surface area contributed by atoms with Gasteiger partial charge in [0.25, 0.3) is 0 Å². The van der Waals surface area contributed by atoms with E-state index < -0.39 is 10.8 Å². The third kappa shape index (κ3) is 2.61. The molecule has 1 aliphatic heterocycles. The lowest BCUT2D eigenvalue weighted by molar-refractivity contribution is 0.603. The summed E-state index contributed by atoms with van der Waals surface area (Å²) >= 11 is 0. The van der Waals surface area contributed by atoms with E-state index in [0.717, 1.165) is 29.9 Å². The minimum atomic E-state index is -0.663. The first-order chi connectivity index (χ1) is 7.66. The molecule has 0 bridgehead atoms. The number of halogens is 1. The van der Waals surface area contributed by atoms with Crippen LogP contribution in [-0.4, -0.2) is 21.8 Å². The van der Waals surface area contributed by atoms with E-state index in [1.807, 2.05) is 13.0 Å². The molecule has 0 radical (unpaired) electrons. The van der Waals surface area contributed by atoms with Crippen molar-refractivity contribution in [2.45, 2.75) is 25.8 Å². The second kappa shape index (κ2) is 4.95. The predicted octanol–water partition coefficient (Wildman–Crippen LogP) is 2.46. The Kier molecular flexibility index (Phi) is 3.59. The van der Waals surface area contributed by atoms with Gasteiger partial charge in [-0.05, 0) is 31.4 Å². The molecule has 88 valence electrons. The van der Waals surface area contributed by atoms with Crippen LogP contribution in [0.5, 0.6) is 0 Å². The number of aryl methyl sites for hydroxylation is 1. The number of hydrogen-bond donors (Lipinski definition) is 1. The van der Waals surface area contributed by atoms with Gasteiger partial charge in [0.2, 0.25) is 0 Å². The quantitative estimate of drug-likeness (QED) is 0.861. The maximum atomic E-state index is 13.6. The van der Waals surface area contributed by atoms with Crippen molar-refractivity contribution in [1.29, 1.82) is 0 Å². The van der Waals surface area contributed by atoms with Crippen molar-refractivity contribution in [2.75, 3.05) is 16.8 Å². The largest absolute Gasteiger partial charge is 0.380 e. The maximum absolute atomic E-state index is 13.6. The zero-order chi connectivity index (χ0) is 11.5. The summed E-state index contributed by atoms with van der Waals surface area (Å²) in [5.41, 5.74) is 1.52. The van der Waals surface area contributed by atoms with Crippen LogP contribution in [0, 0.1) is 12.7 Å². The number of anilines is 1. The normalized spacial score (nSPS) is 25.4. The van der Waals surface area contributed by atoms with Crippen molar-refractivity contribution in [2.24, 2.45) is 0 Å².